The molecule has 1 aromatic rings. The summed E-state index contributed by atoms with van der Waals surface area (Å²) in [5.41, 5.74) is 0.675. The van der Waals surface area contributed by atoms with Gasteiger partial charge in [0.1, 0.15) is 5.82 Å². The highest BCUT2D eigenvalue weighted by Crippen LogP contribution is 2.15. The van der Waals surface area contributed by atoms with Crippen LogP contribution in [0.3, 0.4) is 0 Å². The van der Waals surface area contributed by atoms with Crippen molar-refractivity contribution in [2.24, 2.45) is 0 Å². The zero-order chi connectivity index (χ0) is 13.0. The van der Waals surface area contributed by atoms with Gasteiger partial charge >= 0.3 is 0 Å². The van der Waals surface area contributed by atoms with E-state index in [2.05, 4.69) is 33.2 Å². The van der Waals surface area contributed by atoms with Crippen molar-refractivity contribution in [1.82, 2.24) is 10.2 Å². The summed E-state index contributed by atoms with van der Waals surface area (Å²) in [6.07, 6.45) is 0.193. The molecule has 0 saturated carbocycles. The monoisotopic (exact) mass is 316 g/mol. The average Bonchev–Trinajstić information content (AvgIpc) is 2.34. The van der Waals surface area contributed by atoms with E-state index in [0.717, 1.165) is 30.7 Å². The van der Waals surface area contributed by atoms with Crippen LogP contribution < -0.4 is 5.32 Å². The number of likely N-dealkylation sites (N-methyl/N-ethyl adjacent to an activating group) is 1. The first-order chi connectivity index (χ1) is 8.65. The van der Waals surface area contributed by atoms with Crippen LogP contribution in [-0.4, -0.2) is 44.3 Å². The van der Waals surface area contributed by atoms with Crippen LogP contribution >= 0.6 is 15.9 Å². The number of halogens is 2. The molecular weight excluding hydrogens is 299 g/mol. The Kier molecular flexibility index (Phi) is 5.12. The molecule has 100 valence electrons. The number of ether oxygens (including phenoxy) is 1. The predicted octanol–water partition coefficient (Wildman–Crippen LogP) is 2.01. The van der Waals surface area contributed by atoms with Crippen LogP contribution in [0.4, 0.5) is 4.39 Å². The standard InChI is InChI=1S/C13H18BrFN2O/c1-17-4-5-18-12(9-17)8-16-7-10-6-11(14)2-3-13(10)15/h2-3,6,12,16H,4-5,7-9H2,1H3/t12-/m0/s1. The van der Waals surface area contributed by atoms with Gasteiger partial charge in [0, 0.05) is 36.2 Å². The third kappa shape index (κ3) is 4.02. The number of benzene rings is 1. The molecule has 18 heavy (non-hydrogen) atoms. The summed E-state index contributed by atoms with van der Waals surface area (Å²) in [4.78, 5) is 2.25. The molecule has 5 heteroatoms. The number of hydrogen-bond donors (Lipinski definition) is 1. The Morgan fingerprint density at radius 2 is 2.39 bits per heavy atom. The van der Waals surface area contributed by atoms with E-state index in [4.69, 9.17) is 4.74 Å². The minimum atomic E-state index is -0.174. The number of rotatable bonds is 4. The lowest BCUT2D eigenvalue weighted by molar-refractivity contribution is -0.0182. The molecule has 1 aliphatic rings. The zero-order valence-corrected chi connectivity index (χ0v) is 12.0. The third-order valence-electron chi connectivity index (χ3n) is 3.04. The van der Waals surface area contributed by atoms with Crippen molar-refractivity contribution in [2.45, 2.75) is 12.6 Å². The van der Waals surface area contributed by atoms with Gasteiger partial charge in [-0.25, -0.2) is 4.39 Å². The van der Waals surface area contributed by atoms with Gasteiger partial charge < -0.3 is 15.0 Å². The molecule has 1 N–H and O–H groups in total. The Bertz CT molecular complexity index is 403. The van der Waals surface area contributed by atoms with Crippen LogP contribution in [0.5, 0.6) is 0 Å². The molecule has 1 aromatic carbocycles. The first kappa shape index (κ1) is 13.9. The summed E-state index contributed by atoms with van der Waals surface area (Å²) in [7, 11) is 2.09. The summed E-state index contributed by atoms with van der Waals surface area (Å²) in [6, 6.07) is 4.99. The Hall–Kier alpha value is -0.490. The fraction of sp³-hybridized carbons (Fsp3) is 0.538. The predicted molar refractivity (Wildman–Crippen MR) is 73.0 cm³/mol. The first-order valence-electron chi connectivity index (χ1n) is 6.10. The molecule has 0 unspecified atom stereocenters. The van der Waals surface area contributed by atoms with E-state index in [9.17, 15) is 4.39 Å². The zero-order valence-electron chi connectivity index (χ0n) is 10.5. The lowest BCUT2D eigenvalue weighted by atomic mass is 10.2. The molecular formula is C13H18BrFN2O. The van der Waals surface area contributed by atoms with Crippen LogP contribution in [-0.2, 0) is 11.3 Å². The van der Waals surface area contributed by atoms with E-state index in [0.29, 0.717) is 12.1 Å². The Balaban J connectivity index is 1.79. The molecule has 2 rings (SSSR count). The highest BCUT2D eigenvalue weighted by atomic mass is 79.9. The second-order valence-electron chi connectivity index (χ2n) is 4.62. The van der Waals surface area contributed by atoms with Gasteiger partial charge in [0.05, 0.1) is 12.7 Å². The fourth-order valence-corrected chi connectivity index (χ4v) is 2.45. The maximum atomic E-state index is 13.5. The summed E-state index contributed by atoms with van der Waals surface area (Å²) in [5.74, 6) is -0.174. The van der Waals surface area contributed by atoms with Crippen molar-refractivity contribution in [3.8, 4) is 0 Å². The molecule has 0 aromatic heterocycles. The molecule has 0 amide bonds. The molecule has 0 radical (unpaired) electrons. The van der Waals surface area contributed by atoms with Crippen LogP contribution in [0.2, 0.25) is 0 Å². The van der Waals surface area contributed by atoms with Crippen molar-refractivity contribution in [1.29, 1.82) is 0 Å². The van der Waals surface area contributed by atoms with E-state index in [1.54, 1.807) is 12.1 Å². The molecule has 1 aliphatic heterocycles. The van der Waals surface area contributed by atoms with Gasteiger partial charge in [0.15, 0.2) is 0 Å². The fourth-order valence-electron chi connectivity index (χ4n) is 2.04. The minimum absolute atomic E-state index is 0.174. The van der Waals surface area contributed by atoms with E-state index >= 15 is 0 Å². The molecule has 1 fully saturated rings. The number of morpholine rings is 1. The van der Waals surface area contributed by atoms with Crippen molar-refractivity contribution >= 4 is 15.9 Å². The van der Waals surface area contributed by atoms with Crippen LogP contribution in [0, 0.1) is 5.82 Å². The largest absolute Gasteiger partial charge is 0.374 e. The molecule has 3 nitrogen and oxygen atoms in total. The van der Waals surface area contributed by atoms with Crippen LogP contribution in [0.25, 0.3) is 0 Å². The van der Waals surface area contributed by atoms with Gasteiger partial charge in [-0.2, -0.15) is 0 Å². The van der Waals surface area contributed by atoms with Gasteiger partial charge in [-0.3, -0.25) is 0 Å². The van der Waals surface area contributed by atoms with Crippen molar-refractivity contribution in [2.75, 3.05) is 33.3 Å². The Morgan fingerprint density at radius 3 is 3.17 bits per heavy atom. The SMILES string of the molecule is CN1CCO[C@@H](CNCc2cc(Br)ccc2F)C1. The van der Waals surface area contributed by atoms with Gasteiger partial charge in [-0.05, 0) is 25.2 Å². The number of nitrogens with zero attached hydrogens (tertiary/aromatic N) is 1. The maximum absolute atomic E-state index is 13.5. The Labute approximate surface area is 115 Å². The maximum Gasteiger partial charge on any atom is 0.127 e. The van der Waals surface area contributed by atoms with Crippen molar-refractivity contribution in [3.63, 3.8) is 0 Å². The van der Waals surface area contributed by atoms with E-state index in [-0.39, 0.29) is 11.9 Å². The lowest BCUT2D eigenvalue weighted by Gasteiger charge is -2.30. The molecule has 0 spiro atoms. The van der Waals surface area contributed by atoms with E-state index < -0.39 is 0 Å². The normalized spacial score (nSPS) is 21.2. The highest BCUT2D eigenvalue weighted by molar-refractivity contribution is 9.10. The molecule has 0 aliphatic carbocycles. The number of hydrogen-bond acceptors (Lipinski definition) is 3. The van der Waals surface area contributed by atoms with Crippen molar-refractivity contribution in [3.05, 3.63) is 34.1 Å². The van der Waals surface area contributed by atoms with Crippen molar-refractivity contribution < 1.29 is 9.13 Å². The first-order valence-corrected chi connectivity index (χ1v) is 6.89. The summed E-state index contributed by atoms with van der Waals surface area (Å²) < 4.78 is 20.0. The second kappa shape index (κ2) is 6.61. The third-order valence-corrected chi connectivity index (χ3v) is 3.53. The van der Waals surface area contributed by atoms with Gasteiger partial charge in [-0.15, -0.1) is 0 Å². The quantitative estimate of drug-likeness (QED) is 0.919. The lowest BCUT2D eigenvalue weighted by Crippen LogP contribution is -2.44. The minimum Gasteiger partial charge on any atom is -0.374 e. The number of nitrogens with one attached hydrogen (secondary N) is 1. The summed E-state index contributed by atoms with van der Waals surface area (Å²) in [6.45, 7) is 3.95. The highest BCUT2D eigenvalue weighted by Gasteiger charge is 2.17. The van der Waals surface area contributed by atoms with E-state index in [1.807, 2.05) is 0 Å². The molecule has 1 atom stereocenters. The average molecular weight is 317 g/mol. The molecule has 1 heterocycles. The molecule has 1 saturated heterocycles. The Morgan fingerprint density at radius 1 is 1.56 bits per heavy atom. The van der Waals surface area contributed by atoms with Crippen LogP contribution in [0.1, 0.15) is 5.56 Å². The topological polar surface area (TPSA) is 24.5 Å². The van der Waals surface area contributed by atoms with Crippen LogP contribution in [0.15, 0.2) is 22.7 Å². The van der Waals surface area contributed by atoms with Gasteiger partial charge in [0.2, 0.25) is 0 Å². The second-order valence-corrected chi connectivity index (χ2v) is 5.54. The summed E-state index contributed by atoms with van der Waals surface area (Å²) in [5, 5.41) is 3.25. The van der Waals surface area contributed by atoms with Gasteiger partial charge in [0.25, 0.3) is 0 Å². The van der Waals surface area contributed by atoms with E-state index in [1.165, 1.54) is 6.07 Å². The molecule has 0 bridgehead atoms. The van der Waals surface area contributed by atoms with Gasteiger partial charge in [-0.1, -0.05) is 15.9 Å². The smallest absolute Gasteiger partial charge is 0.127 e. The summed E-state index contributed by atoms with van der Waals surface area (Å²) >= 11 is 3.35.